The number of nitrogens with zero attached hydrogens (tertiary/aromatic N) is 3. The molecule has 0 saturated heterocycles. The predicted octanol–water partition coefficient (Wildman–Crippen LogP) is 1.12. The van der Waals surface area contributed by atoms with E-state index in [1.807, 2.05) is 0 Å². The van der Waals surface area contributed by atoms with Gasteiger partial charge in [0.1, 0.15) is 12.1 Å². The zero-order chi connectivity index (χ0) is 10.5. The first kappa shape index (κ1) is 9.26. The normalized spacial score (nSPS) is 9.60. The summed E-state index contributed by atoms with van der Waals surface area (Å²) in [5, 5.41) is 2.63. The summed E-state index contributed by atoms with van der Waals surface area (Å²) in [5.41, 5.74) is 0.496. The second-order valence-corrected chi connectivity index (χ2v) is 2.79. The molecule has 2 aromatic heterocycles. The van der Waals surface area contributed by atoms with Gasteiger partial charge in [-0.1, -0.05) is 0 Å². The fourth-order valence-electron chi connectivity index (χ4n) is 1.05. The molecule has 74 valence electrons. The van der Waals surface area contributed by atoms with E-state index in [9.17, 15) is 4.79 Å². The minimum atomic E-state index is -0.234. The zero-order valence-electron chi connectivity index (χ0n) is 7.79. The molecule has 0 aromatic carbocycles. The van der Waals surface area contributed by atoms with E-state index in [4.69, 9.17) is 0 Å². The van der Waals surface area contributed by atoms with Gasteiger partial charge < -0.3 is 5.32 Å². The van der Waals surface area contributed by atoms with Gasteiger partial charge in [-0.25, -0.2) is 9.97 Å². The van der Waals surface area contributed by atoms with Gasteiger partial charge in [0.2, 0.25) is 0 Å². The van der Waals surface area contributed by atoms with Gasteiger partial charge in [-0.15, -0.1) is 0 Å². The highest BCUT2D eigenvalue weighted by atomic mass is 16.1. The molecule has 1 amide bonds. The molecule has 0 aliphatic carbocycles. The summed E-state index contributed by atoms with van der Waals surface area (Å²) in [5.74, 6) is 0.237. The lowest BCUT2D eigenvalue weighted by Gasteiger charge is -2.02. The number of amides is 1. The number of pyridine rings is 1. The van der Waals surface area contributed by atoms with Crippen molar-refractivity contribution in [3.8, 4) is 0 Å². The first-order chi connectivity index (χ1) is 7.36. The van der Waals surface area contributed by atoms with Crippen molar-refractivity contribution >= 4 is 11.7 Å². The Kier molecular flexibility index (Phi) is 2.64. The largest absolute Gasteiger partial charge is 0.306 e. The van der Waals surface area contributed by atoms with Gasteiger partial charge in [0, 0.05) is 18.6 Å². The number of rotatable bonds is 2. The Labute approximate surface area is 86.2 Å². The highest BCUT2D eigenvalue weighted by molar-refractivity contribution is 6.03. The Hall–Kier alpha value is -2.30. The van der Waals surface area contributed by atoms with Crippen LogP contribution in [0.25, 0.3) is 0 Å². The van der Waals surface area contributed by atoms with Crippen LogP contribution in [0.5, 0.6) is 0 Å². The van der Waals surface area contributed by atoms with Crippen LogP contribution >= 0.6 is 0 Å². The second kappa shape index (κ2) is 4.28. The maximum atomic E-state index is 11.6. The van der Waals surface area contributed by atoms with Gasteiger partial charge in [0.25, 0.3) is 5.91 Å². The van der Waals surface area contributed by atoms with Crippen LogP contribution in [0.1, 0.15) is 10.4 Å². The van der Waals surface area contributed by atoms with Gasteiger partial charge in [-0.05, 0) is 18.2 Å². The smallest absolute Gasteiger partial charge is 0.258 e. The lowest BCUT2D eigenvalue weighted by Crippen LogP contribution is -2.12. The lowest BCUT2D eigenvalue weighted by atomic mass is 10.3. The Balaban J connectivity index is 2.12. The average Bonchev–Trinajstić information content (AvgIpc) is 2.31. The monoisotopic (exact) mass is 200 g/mol. The van der Waals surface area contributed by atoms with Crippen molar-refractivity contribution in [2.24, 2.45) is 0 Å². The molecule has 1 N–H and O–H groups in total. The summed E-state index contributed by atoms with van der Waals surface area (Å²) < 4.78 is 0. The summed E-state index contributed by atoms with van der Waals surface area (Å²) in [7, 11) is 0. The number of anilines is 1. The van der Waals surface area contributed by atoms with E-state index in [-0.39, 0.29) is 5.91 Å². The molecular formula is C10H8N4O. The lowest BCUT2D eigenvalue weighted by molar-refractivity contribution is 0.102. The fraction of sp³-hybridized carbons (Fsp3) is 0. The molecule has 0 atom stereocenters. The number of hydrogen-bond acceptors (Lipinski definition) is 4. The van der Waals surface area contributed by atoms with Crippen molar-refractivity contribution in [2.45, 2.75) is 0 Å². The van der Waals surface area contributed by atoms with Crippen LogP contribution in [-0.2, 0) is 0 Å². The molecule has 0 spiro atoms. The number of hydrogen-bond donors (Lipinski definition) is 1. The summed E-state index contributed by atoms with van der Waals surface area (Å²) in [6, 6.07) is 5.01. The third-order valence-corrected chi connectivity index (χ3v) is 1.75. The van der Waals surface area contributed by atoms with Crippen molar-refractivity contribution in [2.75, 3.05) is 5.32 Å². The van der Waals surface area contributed by atoms with Crippen molar-refractivity contribution in [3.05, 3.63) is 48.7 Å². The molecule has 5 nitrogen and oxygen atoms in total. The Bertz CT molecular complexity index is 443. The van der Waals surface area contributed by atoms with Gasteiger partial charge in [0.05, 0.1) is 5.56 Å². The molecule has 2 rings (SSSR count). The molecule has 0 bridgehead atoms. The number of carbonyl (C=O) groups is 1. The standard InChI is InChI=1S/C10H8N4O/c15-10(8-2-1-4-11-6-8)14-9-3-5-12-7-13-9/h1-7H,(H,12,13,14,15). The quantitative estimate of drug-likeness (QED) is 0.788. The minimum absolute atomic E-state index is 0.234. The molecule has 15 heavy (non-hydrogen) atoms. The summed E-state index contributed by atoms with van der Waals surface area (Å²) in [6.07, 6.45) is 6.04. The maximum absolute atomic E-state index is 11.6. The Morgan fingerprint density at radius 3 is 2.80 bits per heavy atom. The molecule has 0 radical (unpaired) electrons. The van der Waals surface area contributed by atoms with Crippen LogP contribution in [0.4, 0.5) is 5.82 Å². The number of aromatic nitrogens is 3. The summed E-state index contributed by atoms with van der Waals surface area (Å²) in [6.45, 7) is 0. The fourth-order valence-corrected chi connectivity index (χ4v) is 1.05. The predicted molar refractivity (Wildman–Crippen MR) is 54.2 cm³/mol. The molecule has 2 heterocycles. The summed E-state index contributed by atoms with van der Waals surface area (Å²) >= 11 is 0. The molecule has 0 aliphatic rings. The Morgan fingerprint density at radius 1 is 1.20 bits per heavy atom. The second-order valence-electron chi connectivity index (χ2n) is 2.79. The van der Waals surface area contributed by atoms with E-state index in [0.717, 1.165) is 0 Å². The van der Waals surface area contributed by atoms with E-state index >= 15 is 0 Å². The van der Waals surface area contributed by atoms with Crippen molar-refractivity contribution in [1.29, 1.82) is 0 Å². The van der Waals surface area contributed by atoms with Crippen LogP contribution in [-0.4, -0.2) is 20.9 Å². The zero-order valence-corrected chi connectivity index (χ0v) is 7.79. The topological polar surface area (TPSA) is 67.8 Å². The van der Waals surface area contributed by atoms with Gasteiger partial charge in [-0.2, -0.15) is 0 Å². The van der Waals surface area contributed by atoms with Gasteiger partial charge in [0.15, 0.2) is 0 Å². The van der Waals surface area contributed by atoms with E-state index in [0.29, 0.717) is 11.4 Å². The van der Waals surface area contributed by atoms with Crippen molar-refractivity contribution in [3.63, 3.8) is 0 Å². The van der Waals surface area contributed by atoms with E-state index in [2.05, 4.69) is 20.3 Å². The molecule has 0 aliphatic heterocycles. The third-order valence-electron chi connectivity index (χ3n) is 1.75. The highest BCUT2D eigenvalue weighted by Crippen LogP contribution is 2.02. The van der Waals surface area contributed by atoms with Crippen LogP contribution in [0.15, 0.2) is 43.1 Å². The van der Waals surface area contributed by atoms with E-state index in [1.165, 1.54) is 12.5 Å². The van der Waals surface area contributed by atoms with Crippen molar-refractivity contribution < 1.29 is 4.79 Å². The maximum Gasteiger partial charge on any atom is 0.258 e. The van der Waals surface area contributed by atoms with Crippen molar-refractivity contribution in [1.82, 2.24) is 15.0 Å². The SMILES string of the molecule is O=C(Nc1ccncn1)c1cccnc1. The number of carbonyl (C=O) groups excluding carboxylic acids is 1. The molecular weight excluding hydrogens is 192 g/mol. The van der Waals surface area contributed by atoms with Crippen LogP contribution in [0.3, 0.4) is 0 Å². The first-order valence-corrected chi connectivity index (χ1v) is 4.33. The minimum Gasteiger partial charge on any atom is -0.306 e. The van der Waals surface area contributed by atoms with Crippen LogP contribution in [0.2, 0.25) is 0 Å². The molecule has 0 unspecified atom stereocenters. The van der Waals surface area contributed by atoms with Gasteiger partial charge >= 0.3 is 0 Å². The molecule has 0 saturated carbocycles. The van der Waals surface area contributed by atoms with Gasteiger partial charge in [-0.3, -0.25) is 9.78 Å². The third kappa shape index (κ3) is 2.34. The average molecular weight is 200 g/mol. The molecule has 0 fully saturated rings. The van der Waals surface area contributed by atoms with Crippen LogP contribution in [0, 0.1) is 0 Å². The first-order valence-electron chi connectivity index (χ1n) is 4.33. The van der Waals surface area contributed by atoms with Crippen LogP contribution < -0.4 is 5.32 Å². The van der Waals surface area contributed by atoms with E-state index < -0.39 is 0 Å². The van der Waals surface area contributed by atoms with E-state index in [1.54, 1.807) is 30.6 Å². The molecule has 5 heteroatoms. The number of nitrogens with one attached hydrogen (secondary N) is 1. The highest BCUT2D eigenvalue weighted by Gasteiger charge is 2.05. The Morgan fingerprint density at radius 2 is 2.13 bits per heavy atom. The molecule has 2 aromatic rings. The summed E-state index contributed by atoms with van der Waals surface area (Å²) in [4.78, 5) is 23.1.